The summed E-state index contributed by atoms with van der Waals surface area (Å²) in [5.74, 6) is -1.35. The third-order valence-electron chi connectivity index (χ3n) is 5.60. The molecule has 3 heterocycles. The summed E-state index contributed by atoms with van der Waals surface area (Å²) in [6, 6.07) is 9.59. The highest BCUT2D eigenvalue weighted by Crippen LogP contribution is 2.41. The van der Waals surface area contributed by atoms with E-state index in [4.69, 9.17) is 14.2 Å². The SMILES string of the molecule is CCOC(=O)c1sc2nc(C)cc(OC)c2c1NC(=O)[C@@H]1CCC(=O)N1C(=O)OCc1ccccc1. The molecule has 4 rings (SSSR count). The van der Waals surface area contributed by atoms with Gasteiger partial charge < -0.3 is 19.5 Å². The second-order valence-corrected chi connectivity index (χ2v) is 9.02. The van der Waals surface area contributed by atoms with Gasteiger partial charge in [-0.05, 0) is 25.8 Å². The molecular formula is C25H25N3O7S. The van der Waals surface area contributed by atoms with Crippen LogP contribution in [0.15, 0.2) is 36.4 Å². The molecule has 0 radical (unpaired) electrons. The number of carbonyl (C=O) groups is 4. The molecule has 1 atom stereocenters. The van der Waals surface area contributed by atoms with Crippen molar-refractivity contribution in [2.45, 2.75) is 39.3 Å². The Labute approximate surface area is 211 Å². The summed E-state index contributed by atoms with van der Waals surface area (Å²) in [4.78, 5) is 57.2. The van der Waals surface area contributed by atoms with Gasteiger partial charge in [0.2, 0.25) is 11.8 Å². The van der Waals surface area contributed by atoms with E-state index in [9.17, 15) is 19.2 Å². The molecule has 0 aliphatic carbocycles. The smallest absolute Gasteiger partial charge is 0.417 e. The van der Waals surface area contributed by atoms with Crippen molar-refractivity contribution in [2.24, 2.45) is 0 Å². The van der Waals surface area contributed by atoms with E-state index in [2.05, 4.69) is 10.3 Å². The van der Waals surface area contributed by atoms with Crippen molar-refractivity contribution in [3.63, 3.8) is 0 Å². The minimum atomic E-state index is -1.10. The first-order valence-corrected chi connectivity index (χ1v) is 12.1. The number of aryl methyl sites for hydroxylation is 1. The van der Waals surface area contributed by atoms with Gasteiger partial charge in [-0.1, -0.05) is 30.3 Å². The fourth-order valence-corrected chi connectivity index (χ4v) is 5.04. The zero-order valence-corrected chi connectivity index (χ0v) is 20.8. The number of carbonyl (C=O) groups excluding carboxylic acids is 4. The van der Waals surface area contributed by atoms with E-state index in [1.807, 2.05) is 6.07 Å². The number of thiophene rings is 1. The number of rotatable bonds is 7. The maximum atomic E-state index is 13.4. The second-order valence-electron chi connectivity index (χ2n) is 8.02. The first-order chi connectivity index (χ1) is 17.3. The Bertz CT molecular complexity index is 1320. The first kappa shape index (κ1) is 25.1. The minimum absolute atomic E-state index is 0.0116. The van der Waals surface area contributed by atoms with Crippen molar-refractivity contribution < 1.29 is 33.4 Å². The van der Waals surface area contributed by atoms with Crippen molar-refractivity contribution in [1.82, 2.24) is 9.88 Å². The number of pyridine rings is 1. The van der Waals surface area contributed by atoms with Gasteiger partial charge in [-0.2, -0.15) is 0 Å². The van der Waals surface area contributed by atoms with E-state index in [1.54, 1.807) is 44.2 Å². The van der Waals surface area contributed by atoms with Crippen LogP contribution in [0.1, 0.15) is 40.7 Å². The van der Waals surface area contributed by atoms with Gasteiger partial charge in [0.25, 0.3) is 0 Å². The molecule has 2 aromatic heterocycles. The normalized spacial score (nSPS) is 15.1. The highest BCUT2D eigenvalue weighted by molar-refractivity contribution is 7.21. The number of amides is 3. The van der Waals surface area contributed by atoms with E-state index in [-0.39, 0.29) is 36.6 Å². The lowest BCUT2D eigenvalue weighted by atomic mass is 10.1. The Balaban J connectivity index is 1.62. The number of esters is 1. The number of fused-ring (bicyclic) bond motifs is 1. The lowest BCUT2D eigenvalue weighted by Gasteiger charge is -2.22. The van der Waals surface area contributed by atoms with Crippen molar-refractivity contribution >= 4 is 51.1 Å². The lowest BCUT2D eigenvalue weighted by molar-refractivity contribution is -0.131. The third kappa shape index (κ3) is 5.01. The van der Waals surface area contributed by atoms with Crippen molar-refractivity contribution in [1.29, 1.82) is 0 Å². The molecule has 3 amide bonds. The van der Waals surface area contributed by atoms with Gasteiger partial charge in [-0.3, -0.25) is 9.59 Å². The topological polar surface area (TPSA) is 124 Å². The Morgan fingerprint density at radius 2 is 1.94 bits per heavy atom. The minimum Gasteiger partial charge on any atom is -0.496 e. The standard InChI is InChI=1S/C25H25N3O7S/c1-4-34-24(31)21-20(19-17(33-3)12-14(2)26-23(19)36-21)27-22(30)16-10-11-18(29)28(16)25(32)35-13-15-8-6-5-7-9-15/h5-9,12,16H,4,10-11,13H2,1-3H3,(H,27,30)/t16-/m0/s1. The Kier molecular flexibility index (Phi) is 7.49. The monoisotopic (exact) mass is 511 g/mol. The van der Waals surface area contributed by atoms with Gasteiger partial charge >= 0.3 is 12.1 Å². The Morgan fingerprint density at radius 1 is 1.19 bits per heavy atom. The zero-order chi connectivity index (χ0) is 25.8. The summed E-state index contributed by atoms with van der Waals surface area (Å²) < 4.78 is 16.0. The molecular weight excluding hydrogens is 486 g/mol. The first-order valence-electron chi connectivity index (χ1n) is 11.3. The molecule has 1 fully saturated rings. The van der Waals surface area contributed by atoms with Crippen LogP contribution in [0.4, 0.5) is 10.5 Å². The van der Waals surface area contributed by atoms with E-state index in [0.717, 1.165) is 21.8 Å². The molecule has 11 heteroatoms. The molecule has 10 nitrogen and oxygen atoms in total. The highest BCUT2D eigenvalue weighted by atomic mass is 32.1. The highest BCUT2D eigenvalue weighted by Gasteiger charge is 2.42. The predicted octanol–water partition coefficient (Wildman–Crippen LogP) is 4.06. The number of aromatic nitrogens is 1. The van der Waals surface area contributed by atoms with Crippen LogP contribution in [0.5, 0.6) is 5.75 Å². The maximum Gasteiger partial charge on any atom is 0.417 e. The molecule has 0 bridgehead atoms. The zero-order valence-electron chi connectivity index (χ0n) is 20.0. The fourth-order valence-electron chi connectivity index (χ4n) is 3.96. The summed E-state index contributed by atoms with van der Waals surface area (Å²) >= 11 is 1.06. The van der Waals surface area contributed by atoms with Crippen LogP contribution in [0, 0.1) is 6.92 Å². The average Bonchev–Trinajstić information content (AvgIpc) is 3.43. The van der Waals surface area contributed by atoms with Crippen molar-refractivity contribution in [3.05, 3.63) is 52.5 Å². The molecule has 188 valence electrons. The predicted molar refractivity (Wildman–Crippen MR) is 132 cm³/mol. The summed E-state index contributed by atoms with van der Waals surface area (Å²) in [5.41, 5.74) is 1.58. The van der Waals surface area contributed by atoms with Crippen LogP contribution in [0.25, 0.3) is 10.2 Å². The van der Waals surface area contributed by atoms with Crippen molar-refractivity contribution in [3.8, 4) is 5.75 Å². The van der Waals surface area contributed by atoms with Gasteiger partial charge in [0.05, 0.1) is 24.8 Å². The van der Waals surface area contributed by atoms with Crippen molar-refractivity contribution in [2.75, 3.05) is 19.0 Å². The molecule has 1 aromatic carbocycles. The van der Waals surface area contributed by atoms with E-state index >= 15 is 0 Å². The quantitative estimate of drug-likeness (QED) is 0.471. The van der Waals surface area contributed by atoms with Crippen LogP contribution < -0.4 is 10.1 Å². The van der Waals surface area contributed by atoms with E-state index in [1.165, 1.54) is 7.11 Å². The lowest BCUT2D eigenvalue weighted by Crippen LogP contribution is -2.45. The number of ether oxygens (including phenoxy) is 3. The number of hydrogen-bond donors (Lipinski definition) is 1. The molecule has 1 aliphatic rings. The van der Waals surface area contributed by atoms with Crippen LogP contribution >= 0.6 is 11.3 Å². The van der Waals surface area contributed by atoms with Crippen LogP contribution in [-0.4, -0.2) is 53.5 Å². The van der Waals surface area contributed by atoms with Crippen LogP contribution in [-0.2, 0) is 25.7 Å². The van der Waals surface area contributed by atoms with E-state index < -0.39 is 29.9 Å². The number of nitrogens with one attached hydrogen (secondary N) is 1. The number of anilines is 1. The van der Waals surface area contributed by atoms with Gasteiger partial charge in [-0.15, -0.1) is 11.3 Å². The van der Waals surface area contributed by atoms with Crippen LogP contribution in [0.3, 0.4) is 0 Å². The number of methoxy groups -OCH3 is 1. The van der Waals surface area contributed by atoms with Gasteiger partial charge in [0.15, 0.2) is 0 Å². The average molecular weight is 512 g/mol. The van der Waals surface area contributed by atoms with Gasteiger partial charge in [0.1, 0.15) is 28.1 Å². The summed E-state index contributed by atoms with van der Waals surface area (Å²) in [6.07, 6.45) is -0.772. The molecule has 1 saturated heterocycles. The second kappa shape index (κ2) is 10.7. The largest absolute Gasteiger partial charge is 0.496 e. The molecule has 1 N–H and O–H groups in total. The Morgan fingerprint density at radius 3 is 2.64 bits per heavy atom. The van der Waals surface area contributed by atoms with E-state index in [0.29, 0.717) is 21.7 Å². The van der Waals surface area contributed by atoms with Gasteiger partial charge in [0, 0.05) is 18.2 Å². The number of nitrogens with zero attached hydrogens (tertiary/aromatic N) is 2. The molecule has 0 unspecified atom stereocenters. The number of hydrogen-bond acceptors (Lipinski definition) is 9. The molecule has 0 spiro atoms. The fraction of sp³-hybridized carbons (Fsp3) is 0.320. The maximum absolute atomic E-state index is 13.4. The summed E-state index contributed by atoms with van der Waals surface area (Å²) in [6.45, 7) is 3.56. The summed E-state index contributed by atoms with van der Waals surface area (Å²) in [7, 11) is 1.47. The van der Waals surface area contributed by atoms with Gasteiger partial charge in [-0.25, -0.2) is 19.5 Å². The molecule has 1 aliphatic heterocycles. The van der Waals surface area contributed by atoms with Crippen LogP contribution in [0.2, 0.25) is 0 Å². The summed E-state index contributed by atoms with van der Waals surface area (Å²) in [5, 5.41) is 3.17. The number of likely N-dealkylation sites (tertiary alicyclic amines) is 1. The Hall–Kier alpha value is -3.99. The molecule has 0 saturated carbocycles. The number of imide groups is 1. The third-order valence-corrected chi connectivity index (χ3v) is 6.66. The molecule has 3 aromatic rings. The number of benzene rings is 1. The molecule has 36 heavy (non-hydrogen) atoms.